The van der Waals surface area contributed by atoms with Crippen molar-refractivity contribution in [3.8, 4) is 34.6 Å². The fourth-order valence-electron chi connectivity index (χ4n) is 6.83. The Kier molecular flexibility index (Phi) is 12.9. The van der Waals surface area contributed by atoms with Crippen LogP contribution in [0.25, 0.3) is 11.1 Å². The summed E-state index contributed by atoms with van der Waals surface area (Å²) in [5.74, 6) is -0.122. The van der Waals surface area contributed by atoms with Gasteiger partial charge in [-0.1, -0.05) is 36.4 Å². The average Bonchev–Trinajstić information content (AvgIpc) is 4.16. The van der Waals surface area contributed by atoms with Crippen molar-refractivity contribution in [1.29, 1.82) is 0 Å². The number of methoxy groups -OCH3 is 2. The molecule has 2 heterocycles. The molecule has 1 unspecified atom stereocenters. The normalized spacial score (nSPS) is 15.9. The molecule has 0 saturated heterocycles. The summed E-state index contributed by atoms with van der Waals surface area (Å²) in [6.07, 6.45) is 4.01. The molecule has 0 radical (unpaired) electrons. The van der Waals surface area contributed by atoms with E-state index in [0.29, 0.717) is 34.6 Å². The van der Waals surface area contributed by atoms with Gasteiger partial charge in [0.1, 0.15) is 24.3 Å². The predicted octanol–water partition coefficient (Wildman–Crippen LogP) is 5.54. The highest BCUT2D eigenvalue weighted by Gasteiger charge is 2.35. The summed E-state index contributed by atoms with van der Waals surface area (Å²) < 4.78 is 24.1. The molecular weight excluding hydrogens is 745 g/mol. The number of pyridine rings is 2. The van der Waals surface area contributed by atoms with Crippen molar-refractivity contribution in [3.63, 3.8) is 0 Å². The number of aliphatic carboxylic acids is 2. The van der Waals surface area contributed by atoms with E-state index in [0.717, 1.165) is 70.2 Å². The lowest BCUT2D eigenvalue weighted by molar-refractivity contribution is -0.146. The fourth-order valence-corrected chi connectivity index (χ4v) is 6.83. The minimum atomic E-state index is -1.51. The third-order valence-electron chi connectivity index (χ3n) is 11.4. The third kappa shape index (κ3) is 9.20. The molecule has 2 atom stereocenters. The number of carboxylic acids is 2. The monoisotopic (exact) mass is 798 g/mol. The lowest BCUT2D eigenvalue weighted by atomic mass is 9.92. The van der Waals surface area contributed by atoms with Gasteiger partial charge < -0.3 is 39.4 Å². The van der Waals surface area contributed by atoms with Gasteiger partial charge in [0.15, 0.2) is 0 Å². The molecule has 0 spiro atoms. The third-order valence-corrected chi connectivity index (χ3v) is 11.4. The SMILES string of the molecule is COc1nc(OCc2cccc(-c3cccc(COc4nc(OC)c(CN[C@](C)(CO)C(=O)O)cc4C4CC4)c3C)c2C)c(C2CC2)cc1CNC(C)(CO)C(=O)O. The molecule has 0 aliphatic heterocycles. The summed E-state index contributed by atoms with van der Waals surface area (Å²) in [5, 5.41) is 44.5. The van der Waals surface area contributed by atoms with Crippen LogP contribution in [0.1, 0.15) is 95.9 Å². The second-order valence-electron chi connectivity index (χ2n) is 15.7. The Hall–Kier alpha value is -5.28. The van der Waals surface area contributed by atoms with Gasteiger partial charge in [-0.25, -0.2) is 0 Å². The maximum Gasteiger partial charge on any atom is 0.326 e. The molecule has 58 heavy (non-hydrogen) atoms. The highest BCUT2D eigenvalue weighted by Crippen LogP contribution is 2.46. The number of aliphatic hydroxyl groups is 2. The molecule has 2 aromatic heterocycles. The van der Waals surface area contributed by atoms with Crippen LogP contribution in [0.5, 0.6) is 23.5 Å². The van der Waals surface area contributed by atoms with Gasteiger partial charge in [-0.15, -0.1) is 0 Å². The Morgan fingerprint density at radius 3 is 1.34 bits per heavy atom. The number of nitrogens with zero attached hydrogens (tertiary/aromatic N) is 2. The number of ether oxygens (including phenoxy) is 4. The van der Waals surface area contributed by atoms with Gasteiger partial charge in [0.25, 0.3) is 0 Å². The number of hydrogen-bond donors (Lipinski definition) is 6. The molecular formula is C44H54N4O10. The second-order valence-corrected chi connectivity index (χ2v) is 15.7. The first-order chi connectivity index (χ1) is 27.7. The summed E-state index contributed by atoms with van der Waals surface area (Å²) in [6, 6.07) is 16.2. The molecule has 14 nitrogen and oxygen atoms in total. The Bertz CT molecular complexity index is 2000. The van der Waals surface area contributed by atoms with E-state index in [1.165, 1.54) is 28.1 Å². The van der Waals surface area contributed by atoms with E-state index in [-0.39, 0.29) is 38.1 Å². The number of carbonyl (C=O) groups is 2. The maximum absolute atomic E-state index is 11.7. The van der Waals surface area contributed by atoms with Crippen LogP contribution in [-0.2, 0) is 35.9 Å². The molecule has 2 aliphatic rings. The van der Waals surface area contributed by atoms with Crippen LogP contribution < -0.4 is 29.6 Å². The van der Waals surface area contributed by atoms with Crippen molar-refractivity contribution in [2.75, 3.05) is 27.4 Å². The summed E-state index contributed by atoms with van der Waals surface area (Å²) in [7, 11) is 3.03. The van der Waals surface area contributed by atoms with E-state index in [9.17, 15) is 30.0 Å². The van der Waals surface area contributed by atoms with Gasteiger partial charge in [-0.05, 0) is 111 Å². The van der Waals surface area contributed by atoms with E-state index < -0.39 is 36.2 Å². The van der Waals surface area contributed by atoms with E-state index in [4.69, 9.17) is 28.9 Å². The Morgan fingerprint density at radius 1 is 0.655 bits per heavy atom. The summed E-state index contributed by atoms with van der Waals surface area (Å²) in [5.41, 5.74) is 6.47. The highest BCUT2D eigenvalue weighted by molar-refractivity contribution is 5.79. The van der Waals surface area contributed by atoms with Gasteiger partial charge in [-0.3, -0.25) is 20.2 Å². The van der Waals surface area contributed by atoms with Crippen LogP contribution in [0.3, 0.4) is 0 Å². The van der Waals surface area contributed by atoms with Crippen LogP contribution in [0.2, 0.25) is 0 Å². The standard InChI is InChI=1S/C44H54N4O10/c1-25-29(21-57-39-35(27-13-14-27)17-31(37(47-39)55-5)19-45-43(3,23-49)41(51)52)9-7-11-33(25)34-12-8-10-30(26(34)2)22-58-40-36(28-15-16-28)18-32(38(48-40)56-6)20-46-44(4,24-50)42(53)54/h7-12,17-18,27-28,45-46,49-50H,13-16,19-24H2,1-6H3,(H,51,52)(H,53,54)/t43-,44?/m1/s1. The minimum Gasteiger partial charge on any atom is -0.481 e. The zero-order valence-electron chi connectivity index (χ0n) is 34.0. The largest absolute Gasteiger partial charge is 0.481 e. The smallest absolute Gasteiger partial charge is 0.326 e. The zero-order chi connectivity index (χ0) is 41.8. The number of aromatic nitrogens is 2. The Labute approximate surface area is 338 Å². The van der Waals surface area contributed by atoms with Crippen molar-refractivity contribution in [1.82, 2.24) is 20.6 Å². The van der Waals surface area contributed by atoms with Crippen molar-refractivity contribution in [3.05, 3.63) is 93.0 Å². The van der Waals surface area contributed by atoms with Crippen LogP contribution in [0.4, 0.5) is 0 Å². The quantitative estimate of drug-likeness (QED) is 0.0614. The zero-order valence-corrected chi connectivity index (χ0v) is 34.0. The van der Waals surface area contributed by atoms with E-state index >= 15 is 0 Å². The molecule has 2 aromatic carbocycles. The fraction of sp³-hybridized carbons (Fsp3) is 0.455. The molecule has 310 valence electrons. The molecule has 0 amide bonds. The second kappa shape index (κ2) is 17.7. The van der Waals surface area contributed by atoms with Gasteiger partial charge in [0.05, 0.1) is 27.4 Å². The molecule has 6 rings (SSSR count). The number of rotatable bonds is 21. The lowest BCUT2D eigenvalue weighted by Crippen LogP contribution is -2.52. The minimum absolute atomic E-state index is 0.141. The van der Waals surface area contributed by atoms with Crippen LogP contribution in [-0.4, -0.2) is 80.8 Å². The molecule has 0 bridgehead atoms. The van der Waals surface area contributed by atoms with Gasteiger partial charge in [-0.2, -0.15) is 9.97 Å². The maximum atomic E-state index is 11.7. The first-order valence-electron chi connectivity index (χ1n) is 19.5. The van der Waals surface area contributed by atoms with Crippen molar-refractivity contribution < 1.29 is 49.0 Å². The molecule has 6 N–H and O–H groups in total. The van der Waals surface area contributed by atoms with Crippen molar-refractivity contribution >= 4 is 11.9 Å². The molecule has 14 heteroatoms. The number of carboxylic acid groups (broad SMARTS) is 2. The van der Waals surface area contributed by atoms with E-state index in [1.807, 2.05) is 36.4 Å². The van der Waals surface area contributed by atoms with Crippen LogP contribution in [0.15, 0.2) is 48.5 Å². The van der Waals surface area contributed by atoms with E-state index in [2.05, 4.69) is 36.6 Å². The number of nitrogens with one attached hydrogen (secondary N) is 2. The number of hydrogen-bond acceptors (Lipinski definition) is 12. The predicted molar refractivity (Wildman–Crippen MR) is 215 cm³/mol. The van der Waals surface area contributed by atoms with Gasteiger partial charge in [0.2, 0.25) is 23.5 Å². The molecule has 4 aromatic rings. The first kappa shape index (κ1) is 42.3. The molecule has 2 saturated carbocycles. The summed E-state index contributed by atoms with van der Waals surface area (Å²) in [4.78, 5) is 33.0. The molecule has 2 aliphatic carbocycles. The summed E-state index contributed by atoms with van der Waals surface area (Å²) >= 11 is 0. The van der Waals surface area contributed by atoms with Crippen molar-refractivity contribution in [2.45, 2.75) is 103 Å². The Balaban J connectivity index is 1.19. The number of benzene rings is 2. The van der Waals surface area contributed by atoms with Crippen LogP contribution >= 0.6 is 0 Å². The van der Waals surface area contributed by atoms with E-state index in [1.54, 1.807) is 0 Å². The Morgan fingerprint density at radius 2 is 1.03 bits per heavy atom. The topological polar surface area (TPSA) is 202 Å². The average molecular weight is 799 g/mol. The van der Waals surface area contributed by atoms with Crippen molar-refractivity contribution in [2.24, 2.45) is 0 Å². The first-order valence-corrected chi connectivity index (χ1v) is 19.5. The highest BCUT2D eigenvalue weighted by atomic mass is 16.5. The summed E-state index contributed by atoms with van der Waals surface area (Å²) in [6.45, 7) is 6.71. The molecule has 2 fully saturated rings. The lowest BCUT2D eigenvalue weighted by Gasteiger charge is -2.24. The number of aliphatic hydroxyl groups excluding tert-OH is 2. The van der Waals surface area contributed by atoms with Gasteiger partial charge in [0, 0.05) is 35.3 Å². The van der Waals surface area contributed by atoms with Crippen LogP contribution in [0, 0.1) is 13.8 Å². The van der Waals surface area contributed by atoms with Gasteiger partial charge >= 0.3 is 11.9 Å².